The van der Waals surface area contributed by atoms with Crippen molar-refractivity contribution in [3.8, 4) is 0 Å². The SMILES string of the molecule is COC(=O)[C@@H](N[C@H](C)c1nnc2n1CCCC2)c1ccccc1F. The van der Waals surface area contributed by atoms with Gasteiger partial charge in [0.15, 0.2) is 0 Å². The van der Waals surface area contributed by atoms with Gasteiger partial charge in [-0.25, -0.2) is 9.18 Å². The first-order valence-electron chi connectivity index (χ1n) is 8.12. The molecule has 3 rings (SSSR count). The molecule has 0 amide bonds. The molecule has 1 aromatic heterocycles. The molecule has 0 fully saturated rings. The minimum Gasteiger partial charge on any atom is -0.468 e. The molecule has 24 heavy (non-hydrogen) atoms. The first-order chi connectivity index (χ1) is 11.6. The lowest BCUT2D eigenvalue weighted by Crippen LogP contribution is -2.34. The van der Waals surface area contributed by atoms with Crippen LogP contribution in [0.1, 0.15) is 49.1 Å². The predicted octanol–water partition coefficient (Wildman–Crippen LogP) is 2.32. The molecule has 2 heterocycles. The number of methoxy groups -OCH3 is 1. The fourth-order valence-electron chi connectivity index (χ4n) is 3.09. The summed E-state index contributed by atoms with van der Waals surface area (Å²) in [7, 11) is 1.29. The summed E-state index contributed by atoms with van der Waals surface area (Å²) in [4.78, 5) is 12.2. The van der Waals surface area contributed by atoms with E-state index in [4.69, 9.17) is 4.74 Å². The van der Waals surface area contributed by atoms with Gasteiger partial charge in [-0.05, 0) is 25.8 Å². The van der Waals surface area contributed by atoms with Crippen LogP contribution >= 0.6 is 0 Å². The van der Waals surface area contributed by atoms with E-state index in [1.807, 2.05) is 6.92 Å². The van der Waals surface area contributed by atoms with E-state index < -0.39 is 17.8 Å². The number of esters is 1. The van der Waals surface area contributed by atoms with E-state index in [2.05, 4.69) is 20.1 Å². The number of fused-ring (bicyclic) bond motifs is 1. The first kappa shape index (κ1) is 16.6. The van der Waals surface area contributed by atoms with Gasteiger partial charge in [-0.3, -0.25) is 5.32 Å². The Balaban J connectivity index is 1.86. The average molecular weight is 332 g/mol. The summed E-state index contributed by atoms with van der Waals surface area (Å²) in [6.07, 6.45) is 3.10. The molecule has 2 aromatic rings. The second-order valence-corrected chi connectivity index (χ2v) is 5.95. The van der Waals surface area contributed by atoms with Crippen molar-refractivity contribution in [2.75, 3.05) is 7.11 Å². The van der Waals surface area contributed by atoms with Gasteiger partial charge >= 0.3 is 5.97 Å². The van der Waals surface area contributed by atoms with Gasteiger partial charge in [0.05, 0.1) is 13.2 Å². The Morgan fingerprint density at radius 2 is 2.12 bits per heavy atom. The molecule has 128 valence electrons. The number of nitrogens with zero attached hydrogens (tertiary/aromatic N) is 3. The molecule has 0 unspecified atom stereocenters. The van der Waals surface area contributed by atoms with E-state index in [0.29, 0.717) is 0 Å². The Morgan fingerprint density at radius 3 is 2.88 bits per heavy atom. The minimum atomic E-state index is -0.900. The van der Waals surface area contributed by atoms with Crippen molar-refractivity contribution in [2.24, 2.45) is 0 Å². The van der Waals surface area contributed by atoms with Crippen LogP contribution in [0.2, 0.25) is 0 Å². The molecule has 2 atom stereocenters. The summed E-state index contributed by atoms with van der Waals surface area (Å²) in [5.74, 6) is 0.738. The van der Waals surface area contributed by atoms with Gasteiger partial charge in [0, 0.05) is 18.5 Å². The van der Waals surface area contributed by atoms with Crippen LogP contribution in [0, 0.1) is 5.82 Å². The Kier molecular flexibility index (Phi) is 4.89. The normalized spacial score (nSPS) is 16.3. The van der Waals surface area contributed by atoms with Crippen LogP contribution in [0.4, 0.5) is 4.39 Å². The van der Waals surface area contributed by atoms with Crippen LogP contribution in [0.25, 0.3) is 0 Å². The van der Waals surface area contributed by atoms with E-state index in [0.717, 1.165) is 37.5 Å². The third-order valence-electron chi connectivity index (χ3n) is 4.35. The molecule has 0 aliphatic carbocycles. The van der Waals surface area contributed by atoms with Gasteiger partial charge in [0.25, 0.3) is 0 Å². The molecule has 0 spiro atoms. The van der Waals surface area contributed by atoms with Crippen molar-refractivity contribution in [3.63, 3.8) is 0 Å². The second-order valence-electron chi connectivity index (χ2n) is 5.95. The highest BCUT2D eigenvalue weighted by Crippen LogP contribution is 2.24. The Bertz CT molecular complexity index is 731. The van der Waals surface area contributed by atoms with Crippen LogP contribution in [0.3, 0.4) is 0 Å². The van der Waals surface area contributed by atoms with E-state index in [9.17, 15) is 9.18 Å². The van der Waals surface area contributed by atoms with Crippen molar-refractivity contribution in [1.82, 2.24) is 20.1 Å². The van der Waals surface area contributed by atoms with Gasteiger partial charge in [-0.15, -0.1) is 10.2 Å². The van der Waals surface area contributed by atoms with Crippen molar-refractivity contribution < 1.29 is 13.9 Å². The van der Waals surface area contributed by atoms with E-state index in [1.54, 1.807) is 18.2 Å². The summed E-state index contributed by atoms with van der Waals surface area (Å²) in [6.45, 7) is 2.76. The number of hydrogen-bond acceptors (Lipinski definition) is 5. The molecule has 0 bridgehead atoms. The summed E-state index contributed by atoms with van der Waals surface area (Å²) in [5, 5.41) is 11.6. The number of hydrogen-bond donors (Lipinski definition) is 1. The van der Waals surface area contributed by atoms with Crippen molar-refractivity contribution >= 4 is 5.97 Å². The number of halogens is 1. The summed E-state index contributed by atoms with van der Waals surface area (Å²) in [6, 6.07) is 5.02. The Labute approximate surface area is 140 Å². The van der Waals surface area contributed by atoms with E-state index in [-0.39, 0.29) is 11.6 Å². The third-order valence-corrected chi connectivity index (χ3v) is 4.35. The number of rotatable bonds is 5. The molecule has 0 radical (unpaired) electrons. The third kappa shape index (κ3) is 3.17. The smallest absolute Gasteiger partial charge is 0.327 e. The lowest BCUT2D eigenvalue weighted by Gasteiger charge is -2.23. The zero-order valence-electron chi connectivity index (χ0n) is 13.8. The molecule has 0 saturated carbocycles. The number of nitrogens with one attached hydrogen (secondary N) is 1. The molecule has 1 aliphatic heterocycles. The number of carbonyl (C=O) groups excluding carboxylic acids is 1. The summed E-state index contributed by atoms with van der Waals surface area (Å²) in [5.41, 5.74) is 0.259. The fraction of sp³-hybridized carbons (Fsp3) is 0.471. The number of carbonyl (C=O) groups is 1. The fourth-order valence-corrected chi connectivity index (χ4v) is 3.09. The molecule has 6 nitrogen and oxygen atoms in total. The average Bonchev–Trinajstić information content (AvgIpc) is 3.04. The van der Waals surface area contributed by atoms with Gasteiger partial charge in [0.1, 0.15) is 23.5 Å². The number of aromatic nitrogens is 3. The highest BCUT2D eigenvalue weighted by Gasteiger charge is 2.28. The first-order valence-corrected chi connectivity index (χ1v) is 8.12. The second kappa shape index (κ2) is 7.09. The van der Waals surface area contributed by atoms with Gasteiger partial charge < -0.3 is 9.30 Å². The number of ether oxygens (including phenoxy) is 1. The monoisotopic (exact) mass is 332 g/mol. The van der Waals surface area contributed by atoms with E-state index in [1.165, 1.54) is 13.2 Å². The molecule has 1 N–H and O–H groups in total. The zero-order valence-corrected chi connectivity index (χ0v) is 13.8. The largest absolute Gasteiger partial charge is 0.468 e. The molecule has 1 aliphatic rings. The van der Waals surface area contributed by atoms with Crippen LogP contribution in [-0.4, -0.2) is 27.8 Å². The molecular formula is C17H21FN4O2. The van der Waals surface area contributed by atoms with Crippen LogP contribution in [-0.2, 0) is 22.5 Å². The summed E-state index contributed by atoms with van der Waals surface area (Å²) < 4.78 is 21.0. The maximum absolute atomic E-state index is 14.1. The maximum atomic E-state index is 14.1. The quantitative estimate of drug-likeness (QED) is 0.851. The standard InChI is InChI=1S/C17H21FN4O2/c1-11(16-21-20-14-9-5-6-10-22(14)16)19-15(17(23)24-2)12-7-3-4-8-13(12)18/h3-4,7-8,11,15,19H,5-6,9-10H2,1-2H3/t11-,15+/m1/s1. The van der Waals surface area contributed by atoms with Crippen LogP contribution in [0.15, 0.2) is 24.3 Å². The predicted molar refractivity (Wildman–Crippen MR) is 85.7 cm³/mol. The maximum Gasteiger partial charge on any atom is 0.327 e. The number of aryl methyl sites for hydroxylation is 1. The van der Waals surface area contributed by atoms with Crippen molar-refractivity contribution in [2.45, 2.75) is 44.8 Å². The van der Waals surface area contributed by atoms with Gasteiger partial charge in [-0.1, -0.05) is 18.2 Å². The Morgan fingerprint density at radius 1 is 1.33 bits per heavy atom. The number of benzene rings is 1. The van der Waals surface area contributed by atoms with E-state index >= 15 is 0 Å². The zero-order chi connectivity index (χ0) is 17.1. The van der Waals surface area contributed by atoms with Crippen LogP contribution in [0.5, 0.6) is 0 Å². The lowest BCUT2D eigenvalue weighted by atomic mass is 10.0. The molecule has 1 aromatic carbocycles. The molecule has 7 heteroatoms. The summed E-state index contributed by atoms with van der Waals surface area (Å²) >= 11 is 0. The van der Waals surface area contributed by atoms with Gasteiger partial charge in [-0.2, -0.15) is 0 Å². The topological polar surface area (TPSA) is 69.0 Å². The molecule has 0 saturated heterocycles. The lowest BCUT2D eigenvalue weighted by molar-refractivity contribution is -0.143. The molecular weight excluding hydrogens is 311 g/mol. The van der Waals surface area contributed by atoms with Crippen molar-refractivity contribution in [3.05, 3.63) is 47.3 Å². The highest BCUT2D eigenvalue weighted by molar-refractivity contribution is 5.77. The van der Waals surface area contributed by atoms with Crippen LogP contribution < -0.4 is 5.32 Å². The van der Waals surface area contributed by atoms with Crippen molar-refractivity contribution in [1.29, 1.82) is 0 Å². The van der Waals surface area contributed by atoms with Gasteiger partial charge in [0.2, 0.25) is 0 Å². The minimum absolute atomic E-state index is 0.259. The Hall–Kier alpha value is -2.28. The highest BCUT2D eigenvalue weighted by atomic mass is 19.1.